The molecule has 1 atom stereocenters. The maximum absolute atomic E-state index is 10.7. The molecule has 11 heavy (non-hydrogen) atoms. The van der Waals surface area contributed by atoms with Crippen molar-refractivity contribution in [2.75, 3.05) is 0 Å². The van der Waals surface area contributed by atoms with Gasteiger partial charge in [0.25, 0.3) is 0 Å². The Morgan fingerprint density at radius 1 is 1.36 bits per heavy atom. The molecule has 1 unspecified atom stereocenters. The van der Waals surface area contributed by atoms with E-state index in [9.17, 15) is 4.79 Å². The van der Waals surface area contributed by atoms with E-state index in [1.165, 1.54) is 17.3 Å². The first-order valence-electron chi connectivity index (χ1n) is 3.59. The van der Waals surface area contributed by atoms with Gasteiger partial charge in [-0.05, 0) is 12.8 Å². The van der Waals surface area contributed by atoms with Crippen LogP contribution in [0.5, 0.6) is 0 Å². The lowest BCUT2D eigenvalue weighted by atomic mass is 10.1. The Morgan fingerprint density at radius 3 is 2.09 bits per heavy atom. The normalized spacial score (nSPS) is 13.3. The number of hydrogen-bond acceptors (Lipinski definition) is 2. The summed E-state index contributed by atoms with van der Waals surface area (Å²) in [4.78, 5) is 10.7. The molecule has 0 bridgehead atoms. The van der Waals surface area contributed by atoms with Gasteiger partial charge in [-0.2, -0.15) is 0 Å². The Balaban J connectivity index is 4.28. The van der Waals surface area contributed by atoms with Gasteiger partial charge < -0.3 is 0 Å². The highest BCUT2D eigenvalue weighted by Gasteiger charge is 2.04. The average molecular weight is 190 g/mol. The lowest BCUT2D eigenvalue weighted by molar-refractivity contribution is -0.109. The van der Waals surface area contributed by atoms with Crippen molar-refractivity contribution in [3.05, 3.63) is 10.2 Å². The highest BCUT2D eigenvalue weighted by atomic mass is 32.2. The molecule has 0 fully saturated rings. The van der Waals surface area contributed by atoms with Gasteiger partial charge in [0.05, 0.1) is 0 Å². The number of allylic oxidation sites excluding steroid dienone is 1. The summed E-state index contributed by atoms with van der Waals surface area (Å²) in [6.07, 6.45) is 0. The predicted molar refractivity (Wildman–Crippen MR) is 55.5 cm³/mol. The van der Waals surface area contributed by atoms with Crippen LogP contribution in [0.3, 0.4) is 0 Å². The molecule has 1 nitrogen and oxygen atoms in total. The van der Waals surface area contributed by atoms with Crippen molar-refractivity contribution in [1.29, 1.82) is 0 Å². The van der Waals surface area contributed by atoms with Gasteiger partial charge >= 0.3 is 0 Å². The molecule has 0 aliphatic carbocycles. The molecule has 0 N–H and O–H groups in total. The van der Waals surface area contributed by atoms with Gasteiger partial charge in [-0.1, -0.05) is 40.4 Å². The molecule has 0 heterocycles. The Bertz CT molecular complexity index is 185. The fourth-order valence-electron chi connectivity index (χ4n) is 0.520. The molecule has 0 aromatic heterocycles. The smallest absolute Gasteiger partial charge is 0.190 e. The Kier molecular flexibility index (Phi) is 5.03. The van der Waals surface area contributed by atoms with Gasteiger partial charge in [0.2, 0.25) is 0 Å². The minimum Gasteiger partial charge on any atom is -0.287 e. The minimum atomic E-state index is 0.148. The predicted octanol–water partition coefficient (Wildman–Crippen LogP) is 3.03. The van der Waals surface area contributed by atoms with E-state index in [4.69, 9.17) is 0 Å². The molecule has 0 amide bonds. The van der Waals surface area contributed by atoms with Crippen LogP contribution in [0, 0.1) is 5.92 Å². The fraction of sp³-hybridized carbons (Fsp3) is 0.625. The molecule has 0 aliphatic heterocycles. The van der Waals surface area contributed by atoms with Gasteiger partial charge in [0, 0.05) is 11.6 Å². The van der Waals surface area contributed by atoms with E-state index in [0.717, 1.165) is 4.65 Å². The fourth-order valence-corrected chi connectivity index (χ4v) is 2.06. The van der Waals surface area contributed by atoms with E-state index < -0.39 is 0 Å². The van der Waals surface area contributed by atoms with E-state index in [0.29, 0.717) is 5.92 Å². The van der Waals surface area contributed by atoms with Crippen molar-refractivity contribution >= 4 is 26.1 Å². The first-order valence-corrected chi connectivity index (χ1v) is 4.99. The molecule has 0 spiro atoms. The van der Waals surface area contributed by atoms with Crippen LogP contribution in [0.4, 0.5) is 0 Å². The molecule has 0 aromatic carbocycles. The van der Waals surface area contributed by atoms with Crippen LogP contribution in [0.2, 0.25) is 0 Å². The highest BCUT2D eigenvalue weighted by Crippen LogP contribution is 2.29. The molecule has 0 rings (SSSR count). The number of carbonyl (C=O) groups is 1. The van der Waals surface area contributed by atoms with E-state index in [1.807, 2.05) is 0 Å². The molecule has 3 heteroatoms. The molecule has 0 radical (unpaired) electrons. The number of carbonyl (C=O) groups excluding carboxylic acids is 1. The molecule has 0 saturated carbocycles. The third-order valence-corrected chi connectivity index (χ3v) is 3.15. The van der Waals surface area contributed by atoms with Crippen molar-refractivity contribution in [1.82, 2.24) is 0 Å². The van der Waals surface area contributed by atoms with Crippen LogP contribution in [-0.4, -0.2) is 5.12 Å². The summed E-state index contributed by atoms with van der Waals surface area (Å²) in [7, 11) is 2.61. The topological polar surface area (TPSA) is 17.1 Å². The maximum Gasteiger partial charge on any atom is 0.190 e. The Labute approximate surface area is 75.2 Å². The van der Waals surface area contributed by atoms with Crippen molar-refractivity contribution in [2.45, 2.75) is 27.7 Å². The van der Waals surface area contributed by atoms with Crippen molar-refractivity contribution in [3.8, 4) is 0 Å². The van der Waals surface area contributed by atoms with E-state index in [-0.39, 0.29) is 5.12 Å². The minimum absolute atomic E-state index is 0.148. The largest absolute Gasteiger partial charge is 0.287 e. The zero-order chi connectivity index (χ0) is 9.02. The van der Waals surface area contributed by atoms with Crippen LogP contribution < -0.4 is 0 Å². The van der Waals surface area contributed by atoms with Gasteiger partial charge in [0.1, 0.15) is 0 Å². The second kappa shape index (κ2) is 4.95. The summed E-state index contributed by atoms with van der Waals surface area (Å²) < 4.78 is 1.06. The van der Waals surface area contributed by atoms with Gasteiger partial charge in [-0.25, -0.2) is 0 Å². The Hall–Kier alpha value is 0.190. The van der Waals surface area contributed by atoms with Crippen LogP contribution >= 0.6 is 21.0 Å². The van der Waals surface area contributed by atoms with Crippen LogP contribution in [0.15, 0.2) is 10.2 Å². The molecule has 64 valence electrons. The van der Waals surface area contributed by atoms with Crippen molar-refractivity contribution in [3.63, 3.8) is 0 Å². The number of rotatable bonds is 2. The molecule has 0 aliphatic rings. The molecule has 0 aromatic rings. The zero-order valence-electron chi connectivity index (χ0n) is 7.47. The van der Waals surface area contributed by atoms with E-state index in [2.05, 4.69) is 30.0 Å². The van der Waals surface area contributed by atoms with Crippen LogP contribution in [0.1, 0.15) is 27.7 Å². The van der Waals surface area contributed by atoms with E-state index in [1.54, 1.807) is 6.92 Å². The Morgan fingerprint density at radius 2 is 1.82 bits per heavy atom. The standard InChI is InChI=1S/C8H15OPS/c1-5(2)6(3)8(10)11-7(4)9/h5H,10H2,1-4H3/b8-6+. The van der Waals surface area contributed by atoms with E-state index >= 15 is 0 Å². The van der Waals surface area contributed by atoms with Gasteiger partial charge in [-0.3, -0.25) is 4.79 Å². The summed E-state index contributed by atoms with van der Waals surface area (Å²) in [6.45, 7) is 7.89. The summed E-state index contributed by atoms with van der Waals surface area (Å²) in [5, 5.41) is 0.148. The van der Waals surface area contributed by atoms with Gasteiger partial charge in [-0.15, -0.1) is 0 Å². The number of thioether (sulfide) groups is 1. The van der Waals surface area contributed by atoms with Crippen molar-refractivity contribution in [2.24, 2.45) is 5.92 Å². The summed E-state index contributed by atoms with van der Waals surface area (Å²) in [5.41, 5.74) is 1.27. The molecular weight excluding hydrogens is 175 g/mol. The molecular formula is C8H15OPS. The third kappa shape index (κ3) is 4.60. The van der Waals surface area contributed by atoms with Crippen LogP contribution in [0.25, 0.3) is 0 Å². The van der Waals surface area contributed by atoms with Gasteiger partial charge in [0.15, 0.2) is 5.12 Å². The highest BCUT2D eigenvalue weighted by molar-refractivity contribution is 8.20. The lowest BCUT2D eigenvalue weighted by Gasteiger charge is -2.08. The summed E-state index contributed by atoms with van der Waals surface area (Å²) in [6, 6.07) is 0. The summed E-state index contributed by atoms with van der Waals surface area (Å²) in [5.74, 6) is 0.523. The lowest BCUT2D eigenvalue weighted by Crippen LogP contribution is -1.91. The second-order valence-electron chi connectivity index (χ2n) is 2.80. The van der Waals surface area contributed by atoms with Crippen LogP contribution in [-0.2, 0) is 4.79 Å². The van der Waals surface area contributed by atoms with Crippen molar-refractivity contribution < 1.29 is 4.79 Å². The maximum atomic E-state index is 10.7. The zero-order valence-corrected chi connectivity index (χ0v) is 9.44. The second-order valence-corrected chi connectivity index (χ2v) is 5.01. The first kappa shape index (κ1) is 11.2. The third-order valence-electron chi connectivity index (χ3n) is 1.51. The first-order chi connectivity index (χ1) is 4.95. The monoisotopic (exact) mass is 190 g/mol. The SMILES string of the molecule is CC(=O)S/C(P)=C(\C)C(C)C. The molecule has 0 saturated heterocycles. The summed E-state index contributed by atoms with van der Waals surface area (Å²) >= 11 is 1.29. The quantitative estimate of drug-likeness (QED) is 0.622. The average Bonchev–Trinajstić information content (AvgIpc) is 1.84. The number of hydrogen-bond donors (Lipinski definition) is 0.